The van der Waals surface area contributed by atoms with E-state index in [0.29, 0.717) is 36.4 Å². The van der Waals surface area contributed by atoms with Crippen LogP contribution in [0.25, 0.3) is 0 Å². The monoisotopic (exact) mass is 353 g/mol. The molecular weight excluding hydrogens is 322 g/mol. The Morgan fingerprint density at radius 3 is 2.29 bits per heavy atom. The molecule has 0 bridgehead atoms. The number of nitrogens with zero attached hydrogens (tertiary/aromatic N) is 1. The predicted octanol–water partition coefficient (Wildman–Crippen LogP) is 4.18. The molecule has 5 heteroatoms. The standard InChI is InChI=1S/C19H31NO3S/c1-7-23-18-9-16(6)19(10-17(18)13(2)3)24(21,22)20-11-14(4)8-15(5)12-20/h9-10,13-15H,7-8,11-12H2,1-6H3. The van der Waals surface area contributed by atoms with Crippen LogP contribution < -0.4 is 4.74 Å². The van der Waals surface area contributed by atoms with E-state index in [-0.39, 0.29) is 5.92 Å². The van der Waals surface area contributed by atoms with E-state index in [1.165, 1.54) is 0 Å². The maximum absolute atomic E-state index is 13.2. The number of piperidine rings is 1. The van der Waals surface area contributed by atoms with Crippen LogP contribution in [-0.4, -0.2) is 32.4 Å². The highest BCUT2D eigenvalue weighted by Gasteiger charge is 2.33. The minimum absolute atomic E-state index is 0.209. The summed E-state index contributed by atoms with van der Waals surface area (Å²) in [6, 6.07) is 3.70. The average molecular weight is 354 g/mol. The molecule has 0 spiro atoms. The van der Waals surface area contributed by atoms with E-state index in [2.05, 4.69) is 27.7 Å². The van der Waals surface area contributed by atoms with Crippen molar-refractivity contribution in [3.63, 3.8) is 0 Å². The van der Waals surface area contributed by atoms with Crippen LogP contribution in [0, 0.1) is 18.8 Å². The summed E-state index contributed by atoms with van der Waals surface area (Å²) in [5.74, 6) is 1.80. The number of rotatable bonds is 5. The van der Waals surface area contributed by atoms with Gasteiger partial charge in [-0.25, -0.2) is 8.42 Å². The molecule has 1 fully saturated rings. The first kappa shape index (κ1) is 19.3. The van der Waals surface area contributed by atoms with Gasteiger partial charge in [0.1, 0.15) is 5.75 Å². The third-order valence-electron chi connectivity index (χ3n) is 4.68. The van der Waals surface area contributed by atoms with Gasteiger partial charge in [-0.1, -0.05) is 27.7 Å². The van der Waals surface area contributed by atoms with Crippen LogP contribution in [0.4, 0.5) is 0 Å². The van der Waals surface area contributed by atoms with Crippen molar-refractivity contribution in [3.8, 4) is 5.75 Å². The quantitative estimate of drug-likeness (QED) is 0.797. The Balaban J connectivity index is 2.48. The summed E-state index contributed by atoms with van der Waals surface area (Å²) in [6.07, 6.45) is 1.09. The lowest BCUT2D eigenvalue weighted by Crippen LogP contribution is -2.42. The molecule has 0 aromatic heterocycles. The Bertz CT molecular complexity index is 672. The maximum Gasteiger partial charge on any atom is 0.243 e. The molecule has 1 saturated heterocycles. The van der Waals surface area contributed by atoms with Gasteiger partial charge in [-0.05, 0) is 61.3 Å². The Labute approximate surface area is 147 Å². The minimum Gasteiger partial charge on any atom is -0.494 e. The summed E-state index contributed by atoms with van der Waals surface area (Å²) in [6.45, 7) is 14.0. The largest absolute Gasteiger partial charge is 0.494 e. The van der Waals surface area contributed by atoms with Gasteiger partial charge in [0.25, 0.3) is 0 Å². The fourth-order valence-electron chi connectivity index (χ4n) is 3.63. The number of aryl methyl sites for hydroxylation is 1. The van der Waals surface area contributed by atoms with Crippen LogP contribution in [0.5, 0.6) is 5.75 Å². The van der Waals surface area contributed by atoms with Gasteiger partial charge in [0.2, 0.25) is 10.0 Å². The molecule has 0 N–H and O–H groups in total. The van der Waals surface area contributed by atoms with Crippen molar-refractivity contribution >= 4 is 10.0 Å². The molecule has 2 unspecified atom stereocenters. The Hall–Kier alpha value is -1.07. The van der Waals surface area contributed by atoms with E-state index >= 15 is 0 Å². The lowest BCUT2D eigenvalue weighted by atomic mass is 9.94. The Kier molecular flexibility index (Phi) is 5.97. The van der Waals surface area contributed by atoms with Gasteiger partial charge in [0, 0.05) is 13.1 Å². The van der Waals surface area contributed by atoms with Crippen molar-refractivity contribution in [2.24, 2.45) is 11.8 Å². The average Bonchev–Trinajstić information content (AvgIpc) is 2.46. The molecule has 0 aliphatic carbocycles. The van der Waals surface area contributed by atoms with Gasteiger partial charge in [-0.15, -0.1) is 0 Å². The van der Waals surface area contributed by atoms with Crippen molar-refractivity contribution in [3.05, 3.63) is 23.3 Å². The molecule has 1 aliphatic heterocycles. The summed E-state index contributed by atoms with van der Waals surface area (Å²) in [5.41, 5.74) is 1.72. The van der Waals surface area contributed by atoms with Crippen LogP contribution in [0.3, 0.4) is 0 Å². The SMILES string of the molecule is CCOc1cc(C)c(S(=O)(=O)N2CC(C)CC(C)C2)cc1C(C)C. The van der Waals surface area contributed by atoms with Crippen LogP contribution in [0.1, 0.15) is 58.1 Å². The number of benzene rings is 1. The number of hydrogen-bond acceptors (Lipinski definition) is 3. The van der Waals surface area contributed by atoms with Crippen LogP contribution in [0.2, 0.25) is 0 Å². The van der Waals surface area contributed by atoms with Gasteiger partial charge in [-0.3, -0.25) is 0 Å². The van der Waals surface area contributed by atoms with Crippen molar-refractivity contribution < 1.29 is 13.2 Å². The smallest absolute Gasteiger partial charge is 0.243 e. The maximum atomic E-state index is 13.2. The molecular formula is C19H31NO3S. The van der Waals surface area contributed by atoms with E-state index in [4.69, 9.17) is 4.74 Å². The van der Waals surface area contributed by atoms with Gasteiger partial charge in [0.05, 0.1) is 11.5 Å². The van der Waals surface area contributed by atoms with Crippen LogP contribution >= 0.6 is 0 Å². The van der Waals surface area contributed by atoms with E-state index < -0.39 is 10.0 Å². The molecule has 1 aliphatic rings. The second-order valence-corrected chi connectivity index (χ2v) is 9.42. The molecule has 4 nitrogen and oxygen atoms in total. The molecule has 2 atom stereocenters. The highest BCUT2D eigenvalue weighted by Crippen LogP contribution is 2.34. The zero-order chi connectivity index (χ0) is 18.1. The number of hydrogen-bond donors (Lipinski definition) is 0. The first-order valence-electron chi connectivity index (χ1n) is 8.94. The molecule has 0 saturated carbocycles. The Morgan fingerprint density at radius 1 is 1.21 bits per heavy atom. The van der Waals surface area contributed by atoms with Crippen molar-refractivity contribution in [2.45, 2.75) is 58.8 Å². The van der Waals surface area contributed by atoms with Crippen LogP contribution in [0.15, 0.2) is 17.0 Å². The zero-order valence-electron chi connectivity index (χ0n) is 15.8. The summed E-state index contributed by atoms with van der Waals surface area (Å²) >= 11 is 0. The molecule has 136 valence electrons. The Morgan fingerprint density at radius 2 is 1.79 bits per heavy atom. The van der Waals surface area contributed by atoms with E-state index in [1.54, 1.807) is 4.31 Å². The molecule has 1 aromatic carbocycles. The fraction of sp³-hybridized carbons (Fsp3) is 0.684. The van der Waals surface area contributed by atoms with Crippen molar-refractivity contribution in [1.82, 2.24) is 4.31 Å². The highest BCUT2D eigenvalue weighted by atomic mass is 32.2. The summed E-state index contributed by atoms with van der Waals surface area (Å²) in [4.78, 5) is 0.427. The second-order valence-electron chi connectivity index (χ2n) is 7.51. The van der Waals surface area contributed by atoms with Crippen molar-refractivity contribution in [2.75, 3.05) is 19.7 Å². The summed E-state index contributed by atoms with van der Waals surface area (Å²) in [7, 11) is -3.47. The molecule has 1 aromatic rings. The molecule has 1 heterocycles. The van der Waals surface area contributed by atoms with Gasteiger partial charge < -0.3 is 4.74 Å². The lowest BCUT2D eigenvalue weighted by Gasteiger charge is -2.34. The third kappa shape index (κ3) is 3.94. The fourth-order valence-corrected chi connectivity index (χ4v) is 5.55. The number of sulfonamides is 1. The summed E-state index contributed by atoms with van der Waals surface area (Å²) < 4.78 is 33.8. The topological polar surface area (TPSA) is 46.6 Å². The number of ether oxygens (including phenoxy) is 1. The van der Waals surface area contributed by atoms with Gasteiger partial charge in [-0.2, -0.15) is 4.31 Å². The highest BCUT2D eigenvalue weighted by molar-refractivity contribution is 7.89. The zero-order valence-corrected chi connectivity index (χ0v) is 16.6. The molecule has 2 rings (SSSR count). The normalized spacial score (nSPS) is 22.8. The van der Waals surface area contributed by atoms with Gasteiger partial charge >= 0.3 is 0 Å². The lowest BCUT2D eigenvalue weighted by molar-refractivity contribution is 0.222. The van der Waals surface area contributed by atoms with E-state index in [9.17, 15) is 8.42 Å². The van der Waals surface area contributed by atoms with Gasteiger partial charge in [0.15, 0.2) is 0 Å². The first-order valence-corrected chi connectivity index (χ1v) is 10.4. The second kappa shape index (κ2) is 7.44. The first-order chi connectivity index (χ1) is 11.2. The van der Waals surface area contributed by atoms with E-state index in [0.717, 1.165) is 23.3 Å². The third-order valence-corrected chi connectivity index (χ3v) is 6.66. The summed E-state index contributed by atoms with van der Waals surface area (Å²) in [5, 5.41) is 0. The molecule has 0 amide bonds. The van der Waals surface area contributed by atoms with E-state index in [1.807, 2.05) is 26.0 Å². The molecule has 0 radical (unpaired) electrons. The minimum atomic E-state index is -3.47. The predicted molar refractivity (Wildman–Crippen MR) is 98.1 cm³/mol. The van der Waals surface area contributed by atoms with Crippen molar-refractivity contribution in [1.29, 1.82) is 0 Å². The molecule has 24 heavy (non-hydrogen) atoms. The van der Waals surface area contributed by atoms with Crippen LogP contribution in [-0.2, 0) is 10.0 Å².